The van der Waals surface area contributed by atoms with Crippen molar-refractivity contribution in [3.63, 3.8) is 0 Å². The first-order chi connectivity index (χ1) is 13.4. The van der Waals surface area contributed by atoms with E-state index >= 15 is 0 Å². The second kappa shape index (κ2) is 6.80. The van der Waals surface area contributed by atoms with Crippen molar-refractivity contribution in [2.75, 3.05) is 18.1 Å². The second-order valence-electron chi connectivity index (χ2n) is 6.45. The SMILES string of the molecule is CC(=O)NC[C@@H]1OC(=O)N2c3ccc(-c4ccc([N+](=O)[O-])nc4)cc3OC[C@@H]12. The molecule has 0 radical (unpaired) electrons. The number of nitro groups is 1. The van der Waals surface area contributed by atoms with Crippen LogP contribution in [0.3, 0.4) is 0 Å². The van der Waals surface area contributed by atoms with Crippen molar-refractivity contribution in [2.45, 2.75) is 19.1 Å². The molecule has 0 unspecified atom stereocenters. The molecule has 1 N–H and O–H groups in total. The molecule has 10 heteroatoms. The predicted octanol–water partition coefficient (Wildman–Crippen LogP) is 1.88. The average molecular weight is 384 g/mol. The van der Waals surface area contributed by atoms with Crippen molar-refractivity contribution in [3.05, 3.63) is 46.6 Å². The van der Waals surface area contributed by atoms with E-state index in [-0.39, 0.29) is 30.9 Å². The van der Waals surface area contributed by atoms with Crippen molar-refractivity contribution in [1.82, 2.24) is 10.3 Å². The van der Waals surface area contributed by atoms with Crippen LogP contribution in [0.5, 0.6) is 5.75 Å². The Morgan fingerprint density at radius 2 is 2.14 bits per heavy atom. The second-order valence-corrected chi connectivity index (χ2v) is 6.45. The van der Waals surface area contributed by atoms with E-state index in [9.17, 15) is 19.7 Å². The monoisotopic (exact) mass is 384 g/mol. The number of carbonyl (C=O) groups is 2. The van der Waals surface area contributed by atoms with Gasteiger partial charge in [0, 0.05) is 18.6 Å². The maximum Gasteiger partial charge on any atom is 0.415 e. The van der Waals surface area contributed by atoms with E-state index < -0.39 is 17.1 Å². The van der Waals surface area contributed by atoms with E-state index in [1.54, 1.807) is 24.3 Å². The summed E-state index contributed by atoms with van der Waals surface area (Å²) in [5, 5.41) is 13.4. The van der Waals surface area contributed by atoms with Gasteiger partial charge in [-0.2, -0.15) is 0 Å². The van der Waals surface area contributed by atoms with Crippen molar-refractivity contribution < 1.29 is 24.0 Å². The fourth-order valence-corrected chi connectivity index (χ4v) is 3.30. The highest BCUT2D eigenvalue weighted by Gasteiger charge is 2.46. The van der Waals surface area contributed by atoms with Gasteiger partial charge < -0.3 is 24.9 Å². The molecule has 2 aromatic rings. The fourth-order valence-electron chi connectivity index (χ4n) is 3.30. The van der Waals surface area contributed by atoms with E-state index in [0.29, 0.717) is 17.0 Å². The lowest BCUT2D eigenvalue weighted by atomic mass is 10.0. The van der Waals surface area contributed by atoms with Gasteiger partial charge >= 0.3 is 11.9 Å². The molecule has 0 aliphatic carbocycles. The van der Waals surface area contributed by atoms with E-state index in [0.717, 1.165) is 5.56 Å². The number of nitrogens with one attached hydrogen (secondary N) is 1. The fraction of sp³-hybridized carbons (Fsp3) is 0.278. The number of amides is 2. The van der Waals surface area contributed by atoms with E-state index in [1.165, 1.54) is 24.1 Å². The lowest BCUT2D eigenvalue weighted by Gasteiger charge is -2.31. The normalized spacial score (nSPS) is 19.9. The number of fused-ring (bicyclic) bond motifs is 3. The lowest BCUT2D eigenvalue weighted by molar-refractivity contribution is -0.389. The quantitative estimate of drug-likeness (QED) is 0.630. The number of benzene rings is 1. The third-order valence-corrected chi connectivity index (χ3v) is 4.66. The zero-order valence-corrected chi connectivity index (χ0v) is 14.8. The zero-order chi connectivity index (χ0) is 19.8. The molecule has 1 fully saturated rings. The predicted molar refractivity (Wildman–Crippen MR) is 97.0 cm³/mol. The van der Waals surface area contributed by atoms with E-state index in [1.807, 2.05) is 0 Å². The average Bonchev–Trinajstić information content (AvgIpc) is 3.02. The molecule has 4 rings (SSSR count). The molecule has 144 valence electrons. The Bertz CT molecular complexity index is 961. The Morgan fingerprint density at radius 1 is 1.36 bits per heavy atom. The Kier molecular flexibility index (Phi) is 4.30. The minimum atomic E-state index is -0.559. The van der Waals surface area contributed by atoms with Crippen molar-refractivity contribution in [3.8, 4) is 16.9 Å². The van der Waals surface area contributed by atoms with Crippen LogP contribution in [0.4, 0.5) is 16.3 Å². The van der Waals surface area contributed by atoms with Crippen LogP contribution in [0.1, 0.15) is 6.92 Å². The summed E-state index contributed by atoms with van der Waals surface area (Å²) in [5.41, 5.74) is 2.01. The van der Waals surface area contributed by atoms with E-state index in [2.05, 4.69) is 10.3 Å². The van der Waals surface area contributed by atoms with Gasteiger partial charge in [0.15, 0.2) is 0 Å². The first-order valence-electron chi connectivity index (χ1n) is 8.56. The minimum absolute atomic E-state index is 0.201. The maximum absolute atomic E-state index is 12.3. The van der Waals surface area contributed by atoms with Crippen LogP contribution in [0.15, 0.2) is 36.5 Å². The smallest absolute Gasteiger partial charge is 0.415 e. The Labute approximate surface area is 159 Å². The molecule has 2 aliphatic heterocycles. The van der Waals surface area contributed by atoms with Crippen LogP contribution in [0.25, 0.3) is 11.1 Å². The summed E-state index contributed by atoms with van der Waals surface area (Å²) in [5.74, 6) is 0.0723. The number of ether oxygens (including phenoxy) is 2. The molecule has 28 heavy (non-hydrogen) atoms. The molecule has 10 nitrogen and oxygen atoms in total. The molecule has 1 aromatic heterocycles. The molecule has 2 amide bonds. The van der Waals surface area contributed by atoms with Crippen molar-refractivity contribution in [1.29, 1.82) is 0 Å². The number of nitrogens with zero attached hydrogens (tertiary/aromatic N) is 3. The van der Waals surface area contributed by atoms with Crippen LogP contribution >= 0.6 is 0 Å². The first kappa shape index (κ1) is 17.7. The van der Waals surface area contributed by atoms with Gasteiger partial charge in [0.25, 0.3) is 0 Å². The largest absolute Gasteiger partial charge is 0.489 e. The molecule has 2 aliphatic rings. The Morgan fingerprint density at radius 3 is 2.82 bits per heavy atom. The van der Waals surface area contributed by atoms with Gasteiger partial charge in [-0.1, -0.05) is 6.07 Å². The highest BCUT2D eigenvalue weighted by atomic mass is 16.6. The number of hydrogen-bond donors (Lipinski definition) is 1. The number of aromatic nitrogens is 1. The minimum Gasteiger partial charge on any atom is -0.489 e. The highest BCUT2D eigenvalue weighted by molar-refractivity contribution is 5.94. The van der Waals surface area contributed by atoms with Gasteiger partial charge in [0.1, 0.15) is 30.7 Å². The van der Waals surface area contributed by atoms with E-state index in [4.69, 9.17) is 9.47 Å². The van der Waals surface area contributed by atoms with Gasteiger partial charge in [-0.3, -0.25) is 9.69 Å². The summed E-state index contributed by atoms with van der Waals surface area (Å²) in [6.07, 6.45) is 0.428. The summed E-state index contributed by atoms with van der Waals surface area (Å²) in [6.45, 7) is 1.84. The van der Waals surface area contributed by atoms with Crippen LogP contribution in [0.2, 0.25) is 0 Å². The molecular weight excluding hydrogens is 368 g/mol. The van der Waals surface area contributed by atoms with Crippen LogP contribution < -0.4 is 15.0 Å². The molecule has 0 spiro atoms. The van der Waals surface area contributed by atoms with Gasteiger partial charge in [-0.15, -0.1) is 0 Å². The zero-order valence-electron chi connectivity index (χ0n) is 14.8. The van der Waals surface area contributed by atoms with Crippen LogP contribution in [0, 0.1) is 10.1 Å². The summed E-state index contributed by atoms with van der Waals surface area (Å²) in [6, 6.07) is 7.87. The number of hydrogen-bond acceptors (Lipinski definition) is 7. The van der Waals surface area contributed by atoms with Gasteiger partial charge in [-0.25, -0.2) is 4.79 Å². The van der Waals surface area contributed by atoms with Crippen molar-refractivity contribution in [2.24, 2.45) is 0 Å². The van der Waals surface area contributed by atoms with Gasteiger partial charge in [0.2, 0.25) is 5.91 Å². The summed E-state index contributed by atoms with van der Waals surface area (Å²) in [7, 11) is 0. The van der Waals surface area contributed by atoms with Crippen LogP contribution in [-0.2, 0) is 9.53 Å². The Hall–Kier alpha value is -3.69. The summed E-state index contributed by atoms with van der Waals surface area (Å²) in [4.78, 5) is 39.0. The first-order valence-corrected chi connectivity index (χ1v) is 8.56. The standard InChI is InChI=1S/C18H16N4O6/c1-10(23)19-8-16-14-9-27-15-6-11(2-4-13(15)21(14)18(24)28-16)12-3-5-17(20-7-12)22(25)26/h2-7,14,16H,8-9H2,1H3,(H,19,23)/t14-,16-/m0/s1. The topological polar surface area (TPSA) is 124 Å². The number of rotatable bonds is 4. The molecule has 1 aromatic carbocycles. The number of anilines is 1. The van der Waals surface area contributed by atoms with Crippen molar-refractivity contribution >= 4 is 23.5 Å². The molecule has 3 heterocycles. The summed E-state index contributed by atoms with van der Waals surface area (Å²) >= 11 is 0. The molecule has 2 atom stereocenters. The third kappa shape index (κ3) is 3.08. The summed E-state index contributed by atoms with van der Waals surface area (Å²) < 4.78 is 11.2. The van der Waals surface area contributed by atoms with Gasteiger partial charge in [-0.05, 0) is 33.7 Å². The third-order valence-electron chi connectivity index (χ3n) is 4.66. The lowest BCUT2D eigenvalue weighted by Crippen LogP contribution is -2.47. The molecule has 1 saturated heterocycles. The molecular formula is C18H16N4O6. The van der Waals surface area contributed by atoms with Gasteiger partial charge in [0.05, 0.1) is 12.2 Å². The highest BCUT2D eigenvalue weighted by Crippen LogP contribution is 2.40. The molecule has 0 saturated carbocycles. The number of cyclic esters (lactones) is 1. The number of pyridine rings is 1. The molecule has 0 bridgehead atoms. The Balaban J connectivity index is 1.59. The number of carbonyl (C=O) groups excluding carboxylic acids is 2. The maximum atomic E-state index is 12.3. The van der Waals surface area contributed by atoms with Crippen LogP contribution in [-0.4, -0.2) is 47.2 Å².